The minimum absolute atomic E-state index is 0.104. The Hall–Kier alpha value is -2.65. The fourth-order valence-corrected chi connectivity index (χ4v) is 8.73. The Labute approximate surface area is 259 Å². The van der Waals surface area contributed by atoms with E-state index < -0.39 is 6.23 Å². The number of hydrogen-bond donors (Lipinski definition) is 2. The molecule has 1 atom stereocenters. The van der Waals surface area contributed by atoms with Gasteiger partial charge in [-0.2, -0.15) is 0 Å². The zero-order chi connectivity index (χ0) is 30.0. The van der Waals surface area contributed by atoms with Gasteiger partial charge in [0.05, 0.1) is 19.2 Å². The lowest BCUT2D eigenvalue weighted by atomic mass is 9.49. The van der Waals surface area contributed by atoms with Crippen molar-refractivity contribution in [3.05, 3.63) is 64.2 Å². The van der Waals surface area contributed by atoms with Crippen LogP contribution in [0.5, 0.6) is 5.75 Å². The number of rotatable bonds is 11. The van der Waals surface area contributed by atoms with Crippen molar-refractivity contribution >= 4 is 23.5 Å². The Morgan fingerprint density at radius 1 is 1.00 bits per heavy atom. The van der Waals surface area contributed by atoms with E-state index >= 15 is 0 Å². The zero-order valence-electron chi connectivity index (χ0n) is 25.1. The SMILES string of the molecule is COC(=O)c1ccc(COc2ccc(Cl)cc2CN2CCN(C(O)CNC(=O)CC34CC5CC(CC(C5)C3)C4)CC2)cc1. The Kier molecular flexibility index (Phi) is 9.29. The maximum atomic E-state index is 12.9. The smallest absolute Gasteiger partial charge is 0.337 e. The third-order valence-electron chi connectivity index (χ3n) is 10.2. The molecule has 1 saturated heterocycles. The number of nitrogens with one attached hydrogen (secondary N) is 1. The van der Waals surface area contributed by atoms with E-state index in [-0.39, 0.29) is 23.8 Å². The number of aliphatic hydroxyl groups is 1. The molecule has 8 nitrogen and oxygen atoms in total. The van der Waals surface area contributed by atoms with Crippen molar-refractivity contribution in [2.24, 2.45) is 23.2 Å². The van der Waals surface area contributed by atoms with Crippen molar-refractivity contribution in [2.75, 3.05) is 39.8 Å². The quantitative estimate of drug-likeness (QED) is 0.352. The first-order valence-corrected chi connectivity index (χ1v) is 16.1. The van der Waals surface area contributed by atoms with Gasteiger partial charge in [-0.05, 0) is 97.6 Å². The molecule has 7 rings (SSSR count). The Bertz CT molecular complexity index is 1260. The number of carbonyl (C=O) groups is 2. The van der Waals surface area contributed by atoms with Gasteiger partial charge in [-0.1, -0.05) is 23.7 Å². The summed E-state index contributed by atoms with van der Waals surface area (Å²) in [6.07, 6.45) is 7.75. The fourth-order valence-electron chi connectivity index (χ4n) is 8.53. The van der Waals surface area contributed by atoms with Crippen LogP contribution in [0, 0.1) is 23.2 Å². The first-order chi connectivity index (χ1) is 20.8. The lowest BCUT2D eigenvalue weighted by molar-refractivity contribution is -0.130. The first kappa shape index (κ1) is 30.4. The third kappa shape index (κ3) is 7.36. The van der Waals surface area contributed by atoms with Crippen LogP contribution >= 0.6 is 11.6 Å². The summed E-state index contributed by atoms with van der Waals surface area (Å²) in [5.74, 6) is 3.02. The molecule has 1 aliphatic heterocycles. The molecule has 232 valence electrons. The van der Waals surface area contributed by atoms with Gasteiger partial charge in [0.2, 0.25) is 5.91 Å². The molecular formula is C34H44ClN3O5. The number of nitrogens with zero attached hydrogens (tertiary/aromatic N) is 2. The standard InChI is InChI=1S/C34H44ClN3O5/c1-42-33(41)27-4-2-23(3-5-27)22-43-30-7-6-29(35)15-28(30)21-37-8-10-38(11-9-37)32(40)20-36-31(39)19-34-16-24-12-25(17-34)14-26(13-24)18-34/h2-7,15,24-26,32,40H,8-14,16-22H2,1H3,(H,36,39). The highest BCUT2D eigenvalue weighted by Gasteiger charge is 2.51. The van der Waals surface area contributed by atoms with Gasteiger partial charge in [0, 0.05) is 49.7 Å². The fraction of sp³-hybridized carbons (Fsp3) is 0.588. The minimum atomic E-state index is -0.682. The van der Waals surface area contributed by atoms with Crippen LogP contribution in [-0.2, 0) is 22.7 Å². The number of methoxy groups -OCH3 is 1. The normalized spacial score (nSPS) is 27.6. The second-order valence-electron chi connectivity index (χ2n) is 13.4. The number of amides is 1. The van der Waals surface area contributed by atoms with Crippen molar-refractivity contribution < 1.29 is 24.2 Å². The summed E-state index contributed by atoms with van der Waals surface area (Å²) in [6, 6.07) is 12.8. The summed E-state index contributed by atoms with van der Waals surface area (Å²) in [5, 5.41) is 14.6. The number of halogens is 1. The molecule has 2 aromatic carbocycles. The topological polar surface area (TPSA) is 91.3 Å². The van der Waals surface area contributed by atoms with Crippen LogP contribution in [0.4, 0.5) is 0 Å². The van der Waals surface area contributed by atoms with Crippen LogP contribution in [-0.4, -0.2) is 72.8 Å². The van der Waals surface area contributed by atoms with Gasteiger partial charge >= 0.3 is 5.97 Å². The third-order valence-corrected chi connectivity index (χ3v) is 10.4. The largest absolute Gasteiger partial charge is 0.489 e. The first-order valence-electron chi connectivity index (χ1n) is 15.8. The molecule has 4 aliphatic carbocycles. The highest BCUT2D eigenvalue weighted by molar-refractivity contribution is 6.30. The zero-order valence-corrected chi connectivity index (χ0v) is 25.9. The van der Waals surface area contributed by atoms with Gasteiger partial charge < -0.3 is 19.9 Å². The second kappa shape index (κ2) is 13.1. The molecule has 4 bridgehead atoms. The Morgan fingerprint density at radius 3 is 2.28 bits per heavy atom. The van der Waals surface area contributed by atoms with E-state index in [4.69, 9.17) is 21.1 Å². The van der Waals surface area contributed by atoms with E-state index in [1.165, 1.54) is 45.6 Å². The lowest BCUT2D eigenvalue weighted by Gasteiger charge is -2.56. The molecular weight excluding hydrogens is 566 g/mol. The maximum Gasteiger partial charge on any atom is 0.337 e. The van der Waals surface area contributed by atoms with E-state index in [0.717, 1.165) is 60.8 Å². The van der Waals surface area contributed by atoms with Gasteiger partial charge in [-0.15, -0.1) is 0 Å². The van der Waals surface area contributed by atoms with Crippen molar-refractivity contribution in [1.29, 1.82) is 0 Å². The van der Waals surface area contributed by atoms with Crippen molar-refractivity contribution in [3.8, 4) is 5.75 Å². The molecule has 0 spiro atoms. The van der Waals surface area contributed by atoms with Gasteiger partial charge in [0.25, 0.3) is 0 Å². The number of aliphatic hydroxyl groups excluding tert-OH is 1. The molecule has 2 N–H and O–H groups in total. The number of esters is 1. The second-order valence-corrected chi connectivity index (χ2v) is 13.9. The molecule has 43 heavy (non-hydrogen) atoms. The van der Waals surface area contributed by atoms with Crippen LogP contribution in [0.1, 0.15) is 66.4 Å². The predicted octanol–water partition coefficient (Wildman–Crippen LogP) is 4.86. The molecule has 1 unspecified atom stereocenters. The maximum absolute atomic E-state index is 12.9. The summed E-state index contributed by atoms with van der Waals surface area (Å²) in [7, 11) is 1.37. The predicted molar refractivity (Wildman–Crippen MR) is 165 cm³/mol. The van der Waals surface area contributed by atoms with Crippen LogP contribution in [0.25, 0.3) is 0 Å². The average molecular weight is 610 g/mol. The average Bonchev–Trinajstić information content (AvgIpc) is 2.99. The van der Waals surface area contributed by atoms with Crippen LogP contribution < -0.4 is 10.1 Å². The number of carbonyl (C=O) groups excluding carboxylic acids is 2. The molecule has 2 aromatic rings. The molecule has 4 saturated carbocycles. The Balaban J connectivity index is 0.952. The Morgan fingerprint density at radius 2 is 1.65 bits per heavy atom. The summed E-state index contributed by atoms with van der Waals surface area (Å²) in [4.78, 5) is 29.0. The molecule has 0 radical (unpaired) electrons. The van der Waals surface area contributed by atoms with E-state index in [1.807, 2.05) is 30.3 Å². The van der Waals surface area contributed by atoms with Crippen molar-refractivity contribution in [3.63, 3.8) is 0 Å². The molecule has 0 aromatic heterocycles. The molecule has 1 heterocycles. The number of piperazine rings is 1. The van der Waals surface area contributed by atoms with E-state index in [0.29, 0.717) is 30.2 Å². The number of benzene rings is 2. The van der Waals surface area contributed by atoms with Gasteiger partial charge in [-0.25, -0.2) is 4.79 Å². The highest BCUT2D eigenvalue weighted by atomic mass is 35.5. The molecule has 5 fully saturated rings. The molecule has 5 aliphatic rings. The van der Waals surface area contributed by atoms with Crippen LogP contribution in [0.15, 0.2) is 42.5 Å². The van der Waals surface area contributed by atoms with Crippen molar-refractivity contribution in [1.82, 2.24) is 15.1 Å². The summed E-state index contributed by atoms with van der Waals surface area (Å²) in [6.45, 7) is 4.34. The van der Waals surface area contributed by atoms with Gasteiger partial charge in [0.1, 0.15) is 18.6 Å². The van der Waals surface area contributed by atoms with E-state index in [2.05, 4.69) is 15.1 Å². The summed E-state index contributed by atoms with van der Waals surface area (Å²) in [5.41, 5.74) is 2.67. The minimum Gasteiger partial charge on any atom is -0.489 e. The summed E-state index contributed by atoms with van der Waals surface area (Å²) < 4.78 is 10.9. The summed E-state index contributed by atoms with van der Waals surface area (Å²) >= 11 is 6.34. The van der Waals surface area contributed by atoms with Gasteiger partial charge in [0.15, 0.2) is 0 Å². The van der Waals surface area contributed by atoms with E-state index in [1.54, 1.807) is 12.1 Å². The lowest BCUT2D eigenvalue weighted by Crippen LogP contribution is -2.53. The van der Waals surface area contributed by atoms with Crippen LogP contribution in [0.3, 0.4) is 0 Å². The number of hydrogen-bond acceptors (Lipinski definition) is 7. The molecule has 9 heteroatoms. The molecule has 1 amide bonds. The monoisotopic (exact) mass is 609 g/mol. The van der Waals surface area contributed by atoms with Crippen LogP contribution in [0.2, 0.25) is 5.02 Å². The number of ether oxygens (including phenoxy) is 2. The van der Waals surface area contributed by atoms with E-state index in [9.17, 15) is 14.7 Å². The highest BCUT2D eigenvalue weighted by Crippen LogP contribution is 2.61. The van der Waals surface area contributed by atoms with Gasteiger partial charge in [-0.3, -0.25) is 14.6 Å². The van der Waals surface area contributed by atoms with Crippen molar-refractivity contribution in [2.45, 2.75) is 64.3 Å².